The Morgan fingerprint density at radius 3 is 2.65 bits per heavy atom. The van der Waals surface area contributed by atoms with E-state index >= 15 is 0 Å². The van der Waals surface area contributed by atoms with Crippen LogP contribution in [0.3, 0.4) is 0 Å². The first kappa shape index (κ1) is 14.6. The third kappa shape index (κ3) is 2.83. The monoisotopic (exact) mass is 313 g/mol. The van der Waals surface area contributed by atoms with Crippen LogP contribution in [-0.2, 0) is 0 Å². The molecule has 6 nitrogen and oxygen atoms in total. The fraction of sp³-hybridized carbons (Fsp3) is 0.588. The summed E-state index contributed by atoms with van der Waals surface area (Å²) in [4.78, 5) is 19.0. The van der Waals surface area contributed by atoms with Crippen molar-refractivity contribution in [3.63, 3.8) is 0 Å². The normalized spacial score (nSPS) is 21.0. The van der Waals surface area contributed by atoms with E-state index in [4.69, 9.17) is 0 Å². The number of fused-ring (bicyclic) bond motifs is 1. The lowest BCUT2D eigenvalue weighted by molar-refractivity contribution is 0.0634. The molecular weight excluding hydrogens is 290 g/mol. The molecule has 2 fully saturated rings. The molecule has 0 unspecified atom stereocenters. The molecule has 6 heteroatoms. The first-order valence-electron chi connectivity index (χ1n) is 8.61. The predicted molar refractivity (Wildman–Crippen MR) is 87.2 cm³/mol. The molecule has 4 rings (SSSR count). The van der Waals surface area contributed by atoms with E-state index in [-0.39, 0.29) is 5.91 Å². The summed E-state index contributed by atoms with van der Waals surface area (Å²) in [6, 6.07) is 3.70. The third-order valence-corrected chi connectivity index (χ3v) is 5.37. The number of amides is 1. The molecule has 2 aliphatic heterocycles. The lowest BCUT2D eigenvalue weighted by atomic mass is 9.79. The number of carbonyl (C=O) groups excluding carboxylic acids is 1. The number of imidazole rings is 1. The summed E-state index contributed by atoms with van der Waals surface area (Å²) in [6.45, 7) is 4.01. The Morgan fingerprint density at radius 1 is 1.13 bits per heavy atom. The number of hydrogen-bond acceptors (Lipinski definition) is 4. The number of nitrogens with zero attached hydrogens (tertiary/aromatic N) is 4. The van der Waals surface area contributed by atoms with Crippen LogP contribution >= 0.6 is 0 Å². The van der Waals surface area contributed by atoms with Crippen LogP contribution in [0.4, 0.5) is 0 Å². The molecule has 0 spiro atoms. The molecule has 1 N–H and O–H groups in total. The molecule has 4 heterocycles. The molecule has 0 radical (unpaired) electrons. The maximum atomic E-state index is 12.8. The van der Waals surface area contributed by atoms with Gasteiger partial charge >= 0.3 is 0 Å². The van der Waals surface area contributed by atoms with Crippen molar-refractivity contribution in [1.29, 1.82) is 0 Å². The third-order valence-electron chi connectivity index (χ3n) is 5.37. The number of nitrogens with one attached hydrogen (secondary N) is 1. The van der Waals surface area contributed by atoms with E-state index in [2.05, 4.69) is 15.4 Å². The van der Waals surface area contributed by atoms with Crippen molar-refractivity contribution in [3.05, 3.63) is 30.2 Å². The summed E-state index contributed by atoms with van der Waals surface area (Å²) in [5, 5.41) is 7.68. The van der Waals surface area contributed by atoms with E-state index in [1.807, 2.05) is 17.0 Å². The largest absolute Gasteiger partial charge is 0.337 e. The van der Waals surface area contributed by atoms with Gasteiger partial charge in [-0.25, -0.2) is 9.50 Å². The number of rotatable bonds is 2. The number of piperidine rings is 2. The molecule has 2 aliphatic rings. The number of aromatic nitrogens is 3. The smallest absolute Gasteiger partial charge is 0.274 e. The molecule has 1 amide bonds. The highest BCUT2D eigenvalue weighted by Crippen LogP contribution is 2.31. The molecule has 2 aromatic rings. The minimum atomic E-state index is 0.0555. The second-order valence-corrected chi connectivity index (χ2v) is 6.65. The number of carbonyl (C=O) groups is 1. The van der Waals surface area contributed by atoms with Crippen LogP contribution in [0.25, 0.3) is 5.65 Å². The Hall–Kier alpha value is -1.95. The van der Waals surface area contributed by atoms with Crippen LogP contribution in [0, 0.1) is 11.8 Å². The minimum absolute atomic E-state index is 0.0555. The van der Waals surface area contributed by atoms with Crippen LogP contribution in [0.2, 0.25) is 0 Å². The van der Waals surface area contributed by atoms with Crippen LogP contribution in [0.5, 0.6) is 0 Å². The molecule has 0 aromatic carbocycles. The topological polar surface area (TPSA) is 62.5 Å². The molecule has 0 saturated carbocycles. The zero-order valence-electron chi connectivity index (χ0n) is 13.3. The summed E-state index contributed by atoms with van der Waals surface area (Å²) < 4.78 is 1.64. The van der Waals surface area contributed by atoms with Gasteiger partial charge in [-0.1, -0.05) is 0 Å². The molecule has 2 saturated heterocycles. The highest BCUT2D eigenvalue weighted by molar-refractivity contribution is 5.93. The quantitative estimate of drug-likeness (QED) is 0.914. The molecule has 122 valence electrons. The van der Waals surface area contributed by atoms with Crippen molar-refractivity contribution in [2.75, 3.05) is 26.2 Å². The van der Waals surface area contributed by atoms with E-state index < -0.39 is 0 Å². The fourth-order valence-electron chi connectivity index (χ4n) is 4.03. The van der Waals surface area contributed by atoms with Gasteiger partial charge in [0.05, 0.1) is 6.20 Å². The highest BCUT2D eigenvalue weighted by atomic mass is 16.2. The van der Waals surface area contributed by atoms with Gasteiger partial charge in [-0.3, -0.25) is 4.79 Å². The van der Waals surface area contributed by atoms with E-state index in [1.54, 1.807) is 16.9 Å². The first-order chi connectivity index (χ1) is 11.3. The molecule has 0 atom stereocenters. The van der Waals surface area contributed by atoms with Gasteiger partial charge < -0.3 is 10.2 Å². The summed E-state index contributed by atoms with van der Waals surface area (Å²) in [7, 11) is 0. The Morgan fingerprint density at radius 2 is 1.87 bits per heavy atom. The number of likely N-dealkylation sites (tertiary alicyclic amines) is 1. The van der Waals surface area contributed by atoms with Crippen molar-refractivity contribution in [1.82, 2.24) is 24.8 Å². The van der Waals surface area contributed by atoms with Gasteiger partial charge in [0.2, 0.25) is 0 Å². The van der Waals surface area contributed by atoms with Crippen molar-refractivity contribution in [3.8, 4) is 0 Å². The highest BCUT2D eigenvalue weighted by Gasteiger charge is 2.30. The predicted octanol–water partition coefficient (Wildman–Crippen LogP) is 1.58. The Bertz CT molecular complexity index is 683. The van der Waals surface area contributed by atoms with E-state index in [0.29, 0.717) is 5.69 Å². The van der Waals surface area contributed by atoms with Gasteiger partial charge in [-0.05, 0) is 62.7 Å². The molecular formula is C17H23N5O. The van der Waals surface area contributed by atoms with Crippen molar-refractivity contribution in [2.24, 2.45) is 11.8 Å². The molecule has 0 bridgehead atoms. The Kier molecular flexibility index (Phi) is 3.99. The minimum Gasteiger partial charge on any atom is -0.337 e. The van der Waals surface area contributed by atoms with E-state index in [1.165, 1.54) is 12.8 Å². The summed E-state index contributed by atoms with van der Waals surface area (Å²) in [5.74, 6) is 1.67. The average Bonchev–Trinajstić information content (AvgIpc) is 3.06. The summed E-state index contributed by atoms with van der Waals surface area (Å²) in [6.07, 6.45) is 8.16. The molecule has 2 aromatic heterocycles. The lowest BCUT2D eigenvalue weighted by Crippen LogP contribution is -2.42. The fourth-order valence-corrected chi connectivity index (χ4v) is 4.03. The standard InChI is InChI=1S/C17H23N5O/c23-17(15-12-19-16-2-1-7-20-22(15)16)21-10-5-14(6-11-21)13-3-8-18-9-4-13/h1-2,7,12-14,18H,3-6,8-11H2. The van der Waals surface area contributed by atoms with E-state index in [9.17, 15) is 4.79 Å². The molecule has 0 aliphatic carbocycles. The van der Waals surface area contributed by atoms with Crippen LogP contribution in [-0.4, -0.2) is 51.6 Å². The summed E-state index contributed by atoms with van der Waals surface area (Å²) in [5.41, 5.74) is 1.29. The van der Waals surface area contributed by atoms with Gasteiger partial charge in [0.1, 0.15) is 0 Å². The maximum Gasteiger partial charge on any atom is 0.274 e. The Balaban J connectivity index is 1.42. The van der Waals surface area contributed by atoms with Crippen LogP contribution < -0.4 is 5.32 Å². The second-order valence-electron chi connectivity index (χ2n) is 6.65. The lowest BCUT2D eigenvalue weighted by Gasteiger charge is -2.37. The zero-order valence-corrected chi connectivity index (χ0v) is 13.3. The first-order valence-corrected chi connectivity index (χ1v) is 8.61. The van der Waals surface area contributed by atoms with Crippen LogP contribution in [0.15, 0.2) is 24.5 Å². The van der Waals surface area contributed by atoms with E-state index in [0.717, 1.165) is 56.5 Å². The van der Waals surface area contributed by atoms with Crippen molar-refractivity contribution in [2.45, 2.75) is 25.7 Å². The van der Waals surface area contributed by atoms with Gasteiger partial charge in [0, 0.05) is 19.3 Å². The van der Waals surface area contributed by atoms with Gasteiger partial charge in [0.15, 0.2) is 11.3 Å². The van der Waals surface area contributed by atoms with Gasteiger partial charge in [0.25, 0.3) is 5.91 Å². The van der Waals surface area contributed by atoms with Crippen LogP contribution in [0.1, 0.15) is 36.2 Å². The van der Waals surface area contributed by atoms with Crippen molar-refractivity contribution < 1.29 is 4.79 Å². The van der Waals surface area contributed by atoms with Gasteiger partial charge in [-0.15, -0.1) is 0 Å². The maximum absolute atomic E-state index is 12.8. The Labute approximate surface area is 135 Å². The molecule has 23 heavy (non-hydrogen) atoms. The zero-order chi connectivity index (χ0) is 15.6. The number of hydrogen-bond donors (Lipinski definition) is 1. The van der Waals surface area contributed by atoms with Gasteiger partial charge in [-0.2, -0.15) is 5.10 Å². The van der Waals surface area contributed by atoms with Crippen molar-refractivity contribution >= 4 is 11.6 Å². The average molecular weight is 313 g/mol. The SMILES string of the molecule is O=C(c1cnc2cccnn12)N1CCC(C2CCNCC2)CC1. The summed E-state index contributed by atoms with van der Waals surface area (Å²) >= 11 is 0. The second kappa shape index (κ2) is 6.28.